The third kappa shape index (κ3) is 3.18. The molecule has 0 aromatic heterocycles. The molecule has 21 heavy (non-hydrogen) atoms. The molecule has 0 aliphatic rings. The molecular weight excluding hydrogens is 274 g/mol. The number of hydrogen-bond acceptors (Lipinski definition) is 4. The van der Waals surface area contributed by atoms with E-state index in [0.29, 0.717) is 11.1 Å². The number of aromatic carboxylic acids is 1. The molecule has 0 heterocycles. The van der Waals surface area contributed by atoms with Gasteiger partial charge in [0.05, 0.1) is 12.3 Å². The van der Waals surface area contributed by atoms with Crippen molar-refractivity contribution in [1.29, 1.82) is 0 Å². The summed E-state index contributed by atoms with van der Waals surface area (Å²) in [6, 6.07) is 10.3. The normalized spacial score (nSPS) is 10.1. The SMILES string of the molecule is O=C(Nc1cccc(C(=O)O)c1O)c1ccc(CO)cc1. The molecular formula is C15H13NO5. The van der Waals surface area contributed by atoms with Gasteiger partial charge in [-0.25, -0.2) is 4.79 Å². The van der Waals surface area contributed by atoms with Gasteiger partial charge in [-0.05, 0) is 29.8 Å². The van der Waals surface area contributed by atoms with Gasteiger partial charge in [0, 0.05) is 5.56 Å². The quantitative estimate of drug-likeness (QED) is 0.642. The standard InChI is InChI=1S/C15H13NO5/c17-8-9-4-6-10(7-5-9)14(19)16-12-3-1-2-11(13(12)18)15(20)21/h1-7,17-18H,8H2,(H,16,19)(H,20,21). The van der Waals surface area contributed by atoms with Crippen molar-refractivity contribution in [3.05, 3.63) is 59.2 Å². The van der Waals surface area contributed by atoms with Gasteiger partial charge in [-0.2, -0.15) is 0 Å². The maximum atomic E-state index is 12.0. The minimum Gasteiger partial charge on any atom is -0.505 e. The number of anilines is 1. The number of carbonyl (C=O) groups excluding carboxylic acids is 1. The fourth-order valence-corrected chi connectivity index (χ4v) is 1.77. The van der Waals surface area contributed by atoms with Crippen molar-refractivity contribution in [1.82, 2.24) is 0 Å². The number of phenols is 1. The fraction of sp³-hybridized carbons (Fsp3) is 0.0667. The summed E-state index contributed by atoms with van der Waals surface area (Å²) < 4.78 is 0. The smallest absolute Gasteiger partial charge is 0.339 e. The number of para-hydroxylation sites is 1. The zero-order chi connectivity index (χ0) is 15.4. The molecule has 0 spiro atoms. The fourth-order valence-electron chi connectivity index (χ4n) is 1.77. The first-order chi connectivity index (χ1) is 10.0. The molecule has 6 heteroatoms. The van der Waals surface area contributed by atoms with Crippen LogP contribution < -0.4 is 5.32 Å². The molecule has 0 saturated heterocycles. The first-order valence-electron chi connectivity index (χ1n) is 6.09. The molecule has 108 valence electrons. The van der Waals surface area contributed by atoms with Crippen molar-refractivity contribution >= 4 is 17.6 Å². The molecule has 0 aliphatic heterocycles. The number of aliphatic hydroxyl groups is 1. The Morgan fingerprint density at radius 3 is 2.29 bits per heavy atom. The van der Waals surface area contributed by atoms with Crippen LogP contribution in [-0.4, -0.2) is 27.2 Å². The summed E-state index contributed by atoms with van der Waals surface area (Å²) in [5.74, 6) is -2.27. The molecule has 2 rings (SSSR count). The average molecular weight is 287 g/mol. The van der Waals surface area contributed by atoms with Crippen molar-refractivity contribution in [2.24, 2.45) is 0 Å². The summed E-state index contributed by atoms with van der Waals surface area (Å²) in [5.41, 5.74) is 0.726. The van der Waals surface area contributed by atoms with E-state index in [1.54, 1.807) is 12.1 Å². The summed E-state index contributed by atoms with van der Waals surface area (Å²) in [4.78, 5) is 22.9. The first kappa shape index (κ1) is 14.5. The van der Waals surface area contributed by atoms with Crippen molar-refractivity contribution in [2.45, 2.75) is 6.61 Å². The number of hydrogen-bond donors (Lipinski definition) is 4. The van der Waals surface area contributed by atoms with Crippen LogP contribution in [0.1, 0.15) is 26.3 Å². The molecule has 2 aromatic rings. The van der Waals surface area contributed by atoms with E-state index < -0.39 is 17.6 Å². The molecule has 0 fully saturated rings. The second-order valence-electron chi connectivity index (χ2n) is 4.32. The third-order valence-corrected chi connectivity index (χ3v) is 2.91. The number of benzene rings is 2. The van der Waals surface area contributed by atoms with Crippen molar-refractivity contribution in [3.8, 4) is 5.75 Å². The summed E-state index contributed by atoms with van der Waals surface area (Å²) in [7, 11) is 0. The third-order valence-electron chi connectivity index (χ3n) is 2.91. The molecule has 0 saturated carbocycles. The van der Waals surface area contributed by atoms with Crippen molar-refractivity contribution < 1.29 is 24.9 Å². The predicted octanol–water partition coefficient (Wildman–Crippen LogP) is 1.83. The number of amides is 1. The van der Waals surface area contributed by atoms with E-state index in [2.05, 4.69) is 5.32 Å². The van der Waals surface area contributed by atoms with Crippen molar-refractivity contribution in [2.75, 3.05) is 5.32 Å². The minimum atomic E-state index is -1.28. The van der Waals surface area contributed by atoms with Crippen LogP contribution in [-0.2, 0) is 6.61 Å². The monoisotopic (exact) mass is 287 g/mol. The predicted molar refractivity (Wildman–Crippen MR) is 75.4 cm³/mol. The van der Waals surface area contributed by atoms with Crippen LogP contribution in [0.5, 0.6) is 5.75 Å². The molecule has 0 atom stereocenters. The van der Waals surface area contributed by atoms with E-state index >= 15 is 0 Å². The highest BCUT2D eigenvalue weighted by Gasteiger charge is 2.15. The lowest BCUT2D eigenvalue weighted by Crippen LogP contribution is -2.12. The topological polar surface area (TPSA) is 107 Å². The lowest BCUT2D eigenvalue weighted by Gasteiger charge is -2.09. The highest BCUT2D eigenvalue weighted by Crippen LogP contribution is 2.27. The van der Waals surface area contributed by atoms with Crippen LogP contribution >= 0.6 is 0 Å². The molecule has 0 aliphatic carbocycles. The van der Waals surface area contributed by atoms with Crippen LogP contribution in [0.25, 0.3) is 0 Å². The Balaban J connectivity index is 2.23. The van der Waals surface area contributed by atoms with Crippen LogP contribution in [0, 0.1) is 0 Å². The van der Waals surface area contributed by atoms with Gasteiger partial charge in [0.2, 0.25) is 0 Å². The van der Waals surface area contributed by atoms with Gasteiger partial charge in [0.15, 0.2) is 5.75 Å². The zero-order valence-electron chi connectivity index (χ0n) is 10.9. The number of carboxylic acids is 1. The Morgan fingerprint density at radius 1 is 1.05 bits per heavy atom. The number of carbonyl (C=O) groups is 2. The van der Waals surface area contributed by atoms with Crippen LogP contribution in [0.4, 0.5) is 5.69 Å². The second-order valence-corrected chi connectivity index (χ2v) is 4.32. The molecule has 0 bridgehead atoms. The Kier molecular flexibility index (Phi) is 4.20. The zero-order valence-corrected chi connectivity index (χ0v) is 10.9. The van der Waals surface area contributed by atoms with E-state index in [9.17, 15) is 14.7 Å². The van der Waals surface area contributed by atoms with E-state index in [1.165, 1.54) is 30.3 Å². The number of aliphatic hydroxyl groups excluding tert-OH is 1. The lowest BCUT2D eigenvalue weighted by molar-refractivity contribution is 0.0693. The van der Waals surface area contributed by atoms with Gasteiger partial charge in [-0.15, -0.1) is 0 Å². The van der Waals surface area contributed by atoms with Crippen LogP contribution in [0.15, 0.2) is 42.5 Å². The number of carboxylic acid groups (broad SMARTS) is 1. The summed E-state index contributed by atoms with van der Waals surface area (Å²) in [6.45, 7) is -0.122. The molecule has 4 N–H and O–H groups in total. The highest BCUT2D eigenvalue weighted by molar-refractivity contribution is 6.06. The van der Waals surface area contributed by atoms with Crippen LogP contribution in [0.3, 0.4) is 0 Å². The number of nitrogens with one attached hydrogen (secondary N) is 1. The van der Waals surface area contributed by atoms with E-state index in [1.807, 2.05) is 0 Å². The van der Waals surface area contributed by atoms with Gasteiger partial charge < -0.3 is 20.6 Å². The van der Waals surface area contributed by atoms with Gasteiger partial charge >= 0.3 is 5.97 Å². The summed E-state index contributed by atoms with van der Waals surface area (Å²) in [5, 5.41) is 30.1. The Bertz CT molecular complexity index is 679. The maximum Gasteiger partial charge on any atom is 0.339 e. The van der Waals surface area contributed by atoms with Gasteiger partial charge in [0.1, 0.15) is 5.56 Å². The minimum absolute atomic E-state index is 0.0196. The lowest BCUT2D eigenvalue weighted by atomic mass is 10.1. The number of rotatable bonds is 4. The van der Waals surface area contributed by atoms with Crippen molar-refractivity contribution in [3.63, 3.8) is 0 Å². The van der Waals surface area contributed by atoms with Gasteiger partial charge in [-0.1, -0.05) is 18.2 Å². The average Bonchev–Trinajstić information content (AvgIpc) is 2.49. The maximum absolute atomic E-state index is 12.0. The van der Waals surface area contributed by atoms with E-state index in [0.717, 1.165) is 0 Å². The van der Waals surface area contributed by atoms with Crippen LogP contribution in [0.2, 0.25) is 0 Å². The van der Waals surface area contributed by atoms with E-state index in [-0.39, 0.29) is 17.9 Å². The molecule has 6 nitrogen and oxygen atoms in total. The second kappa shape index (κ2) is 6.06. The Hall–Kier alpha value is -2.86. The Labute approximate surface area is 120 Å². The highest BCUT2D eigenvalue weighted by atomic mass is 16.4. The molecule has 0 unspecified atom stereocenters. The molecule has 1 amide bonds. The number of aromatic hydroxyl groups is 1. The Morgan fingerprint density at radius 2 is 1.71 bits per heavy atom. The van der Waals surface area contributed by atoms with Gasteiger partial charge in [-0.3, -0.25) is 4.79 Å². The molecule has 2 aromatic carbocycles. The summed E-state index contributed by atoms with van der Waals surface area (Å²) >= 11 is 0. The van der Waals surface area contributed by atoms with E-state index in [4.69, 9.17) is 10.2 Å². The first-order valence-corrected chi connectivity index (χ1v) is 6.09. The summed E-state index contributed by atoms with van der Waals surface area (Å²) in [6.07, 6.45) is 0. The molecule has 0 radical (unpaired) electrons. The van der Waals surface area contributed by atoms with Gasteiger partial charge in [0.25, 0.3) is 5.91 Å². The largest absolute Gasteiger partial charge is 0.505 e.